The normalized spacial score (nSPS) is 16.1. The summed E-state index contributed by atoms with van der Waals surface area (Å²) in [6, 6.07) is 6.50. The molecule has 1 aromatic heterocycles. The Morgan fingerprint density at radius 1 is 1.11 bits per heavy atom. The molecule has 1 amide bonds. The number of hydrogen-bond donors (Lipinski definition) is 0. The number of aryl methyl sites for hydroxylation is 3. The van der Waals surface area contributed by atoms with Gasteiger partial charge < -0.3 is 9.64 Å². The number of fused-ring (bicyclic) bond motifs is 2. The van der Waals surface area contributed by atoms with Crippen molar-refractivity contribution < 1.29 is 14.3 Å². The first-order valence-electron chi connectivity index (χ1n) is 10.2. The summed E-state index contributed by atoms with van der Waals surface area (Å²) in [5.74, 6) is -0.319. The predicted octanol–water partition coefficient (Wildman–Crippen LogP) is 4.11. The molecule has 1 aromatic carbocycles. The smallest absolute Gasteiger partial charge is 0.367 e. The minimum Gasteiger partial charge on any atom is -0.461 e. The second kappa shape index (κ2) is 8.43. The Bertz CT molecular complexity index is 890. The molecular formula is C22H26N2O3S. The quantitative estimate of drug-likeness (QED) is 0.727. The lowest BCUT2D eigenvalue weighted by Gasteiger charge is -2.21. The van der Waals surface area contributed by atoms with Gasteiger partial charge in [-0.1, -0.05) is 29.5 Å². The van der Waals surface area contributed by atoms with Gasteiger partial charge in [0.05, 0.1) is 18.7 Å². The molecule has 0 radical (unpaired) electrons. The van der Waals surface area contributed by atoms with Crippen molar-refractivity contribution in [2.75, 3.05) is 18.1 Å². The number of esters is 1. The molecule has 2 aliphatic rings. The van der Waals surface area contributed by atoms with Gasteiger partial charge in [-0.25, -0.2) is 9.78 Å². The van der Waals surface area contributed by atoms with Crippen LogP contribution in [0.4, 0.5) is 5.00 Å². The number of carbonyl (C=O) groups excluding carboxylic acids is 2. The zero-order valence-electron chi connectivity index (χ0n) is 16.3. The Hall–Kier alpha value is -2.21. The van der Waals surface area contributed by atoms with E-state index in [0.29, 0.717) is 24.6 Å². The van der Waals surface area contributed by atoms with Gasteiger partial charge in [-0.2, -0.15) is 0 Å². The molecule has 2 aromatic rings. The van der Waals surface area contributed by atoms with Crippen molar-refractivity contribution in [2.24, 2.45) is 0 Å². The molecule has 0 unspecified atom stereocenters. The van der Waals surface area contributed by atoms with Gasteiger partial charge in [0.2, 0.25) is 10.9 Å². The number of ether oxygens (including phenoxy) is 1. The van der Waals surface area contributed by atoms with E-state index in [1.807, 2.05) is 4.90 Å². The molecule has 28 heavy (non-hydrogen) atoms. The minimum atomic E-state index is -0.400. The minimum absolute atomic E-state index is 0.0815. The van der Waals surface area contributed by atoms with E-state index in [4.69, 9.17) is 4.74 Å². The maximum absolute atomic E-state index is 13.1. The molecule has 0 bridgehead atoms. The van der Waals surface area contributed by atoms with Gasteiger partial charge in [0.25, 0.3) is 0 Å². The average molecular weight is 399 g/mol. The van der Waals surface area contributed by atoms with E-state index in [1.165, 1.54) is 35.3 Å². The second-order valence-corrected chi connectivity index (χ2v) is 8.46. The van der Waals surface area contributed by atoms with Crippen LogP contribution in [0.3, 0.4) is 0 Å². The topological polar surface area (TPSA) is 59.5 Å². The molecular weight excluding hydrogens is 372 g/mol. The van der Waals surface area contributed by atoms with Crippen LogP contribution in [0.25, 0.3) is 0 Å². The monoisotopic (exact) mass is 398 g/mol. The van der Waals surface area contributed by atoms with Crippen LogP contribution in [0.15, 0.2) is 18.2 Å². The van der Waals surface area contributed by atoms with Crippen molar-refractivity contribution in [1.82, 2.24) is 4.98 Å². The van der Waals surface area contributed by atoms with Crippen molar-refractivity contribution in [2.45, 2.75) is 58.3 Å². The summed E-state index contributed by atoms with van der Waals surface area (Å²) in [5.41, 5.74) is 4.76. The first kappa shape index (κ1) is 19.1. The molecule has 1 aliphatic carbocycles. The largest absolute Gasteiger partial charge is 0.461 e. The molecule has 0 atom stereocenters. The molecule has 0 saturated heterocycles. The first-order chi connectivity index (χ1) is 13.7. The second-order valence-electron chi connectivity index (χ2n) is 7.48. The average Bonchev–Trinajstić information content (AvgIpc) is 3.02. The van der Waals surface area contributed by atoms with Crippen molar-refractivity contribution in [3.8, 4) is 0 Å². The number of benzene rings is 1. The lowest BCUT2D eigenvalue weighted by Crippen LogP contribution is -2.32. The lowest BCUT2D eigenvalue weighted by atomic mass is 9.90. The van der Waals surface area contributed by atoms with Crippen LogP contribution >= 0.6 is 11.3 Å². The highest BCUT2D eigenvalue weighted by atomic mass is 32.1. The fourth-order valence-corrected chi connectivity index (χ4v) is 5.12. The summed E-state index contributed by atoms with van der Waals surface area (Å²) < 4.78 is 5.09. The van der Waals surface area contributed by atoms with E-state index < -0.39 is 5.97 Å². The summed E-state index contributed by atoms with van der Waals surface area (Å²) >= 11 is 1.29. The van der Waals surface area contributed by atoms with Crippen LogP contribution in [0.5, 0.6) is 0 Å². The Labute approximate surface area is 169 Å². The third-order valence-electron chi connectivity index (χ3n) is 5.49. The van der Waals surface area contributed by atoms with E-state index in [0.717, 1.165) is 48.4 Å². The number of rotatable bonds is 4. The third kappa shape index (κ3) is 3.97. The molecule has 1 aliphatic heterocycles. The van der Waals surface area contributed by atoms with E-state index in [2.05, 4.69) is 23.2 Å². The van der Waals surface area contributed by atoms with Crippen molar-refractivity contribution in [1.29, 1.82) is 0 Å². The van der Waals surface area contributed by atoms with Crippen LogP contribution < -0.4 is 4.90 Å². The standard InChI is InChI=1S/C22H26N2O3S/c1-2-27-22(26)20-23-18-9-5-6-12-24(21(18)28-20)19(25)14-15-10-11-16-7-3-4-8-17(16)13-15/h10-11,13H,2-9,12,14H2,1H3. The first-order valence-corrected chi connectivity index (χ1v) is 11.0. The zero-order valence-corrected chi connectivity index (χ0v) is 17.1. The fraction of sp³-hybridized carbons (Fsp3) is 0.500. The summed E-state index contributed by atoms with van der Waals surface area (Å²) in [6.07, 6.45) is 7.87. The fourth-order valence-electron chi connectivity index (χ4n) is 4.07. The van der Waals surface area contributed by atoms with Gasteiger partial charge in [0.1, 0.15) is 5.00 Å². The van der Waals surface area contributed by atoms with Crippen LogP contribution in [-0.4, -0.2) is 30.0 Å². The summed E-state index contributed by atoms with van der Waals surface area (Å²) in [5, 5.41) is 1.17. The third-order valence-corrected chi connectivity index (χ3v) is 6.59. The molecule has 5 nitrogen and oxygen atoms in total. The van der Waals surface area contributed by atoms with Gasteiger partial charge in [-0.05, 0) is 68.6 Å². The Balaban J connectivity index is 1.55. The van der Waals surface area contributed by atoms with Crippen molar-refractivity contribution >= 4 is 28.2 Å². The number of aromatic nitrogens is 1. The van der Waals surface area contributed by atoms with Gasteiger partial charge in [0.15, 0.2) is 0 Å². The summed E-state index contributed by atoms with van der Waals surface area (Å²) in [4.78, 5) is 31.5. The lowest BCUT2D eigenvalue weighted by molar-refractivity contribution is -0.118. The van der Waals surface area contributed by atoms with Gasteiger partial charge >= 0.3 is 5.97 Å². The summed E-state index contributed by atoms with van der Waals surface area (Å²) in [7, 11) is 0. The van der Waals surface area contributed by atoms with Crippen molar-refractivity contribution in [3.63, 3.8) is 0 Å². The van der Waals surface area contributed by atoms with Crippen LogP contribution in [0.1, 0.15) is 64.8 Å². The maximum atomic E-state index is 13.1. The van der Waals surface area contributed by atoms with Gasteiger partial charge in [0, 0.05) is 6.54 Å². The van der Waals surface area contributed by atoms with Gasteiger partial charge in [-0.3, -0.25) is 4.79 Å². The Kier molecular flexibility index (Phi) is 5.76. The number of anilines is 1. The Morgan fingerprint density at radius 2 is 1.89 bits per heavy atom. The van der Waals surface area contributed by atoms with Crippen LogP contribution in [0, 0.1) is 0 Å². The van der Waals surface area contributed by atoms with E-state index in [1.54, 1.807) is 6.92 Å². The van der Waals surface area contributed by atoms with E-state index >= 15 is 0 Å². The molecule has 0 saturated carbocycles. The summed E-state index contributed by atoms with van der Waals surface area (Å²) in [6.45, 7) is 2.79. The van der Waals surface area contributed by atoms with Crippen LogP contribution in [-0.2, 0) is 35.2 Å². The molecule has 0 N–H and O–H groups in total. The highest BCUT2D eigenvalue weighted by Crippen LogP contribution is 2.33. The highest BCUT2D eigenvalue weighted by Gasteiger charge is 2.27. The van der Waals surface area contributed by atoms with Crippen LogP contribution in [0.2, 0.25) is 0 Å². The molecule has 0 spiro atoms. The van der Waals surface area contributed by atoms with Crippen molar-refractivity contribution in [3.05, 3.63) is 45.6 Å². The number of nitrogens with zero attached hydrogens (tertiary/aromatic N) is 2. The molecule has 148 valence electrons. The SMILES string of the molecule is CCOC(=O)c1nc2c(s1)N(C(=O)Cc1ccc3c(c1)CCCC3)CCCC2. The number of amides is 1. The highest BCUT2D eigenvalue weighted by molar-refractivity contribution is 7.17. The van der Waals surface area contributed by atoms with Gasteiger partial charge in [-0.15, -0.1) is 0 Å². The number of hydrogen-bond acceptors (Lipinski definition) is 5. The molecule has 0 fully saturated rings. The molecule has 2 heterocycles. The number of thiazole rings is 1. The predicted molar refractivity (Wildman–Crippen MR) is 110 cm³/mol. The number of carbonyl (C=O) groups is 2. The molecule has 4 rings (SSSR count). The zero-order chi connectivity index (χ0) is 19.5. The maximum Gasteiger partial charge on any atom is 0.367 e. The van der Waals surface area contributed by atoms with E-state index in [9.17, 15) is 9.59 Å². The molecule has 6 heteroatoms. The Morgan fingerprint density at radius 3 is 2.71 bits per heavy atom. The van der Waals surface area contributed by atoms with E-state index in [-0.39, 0.29) is 5.91 Å².